The van der Waals surface area contributed by atoms with Crippen LogP contribution in [-0.4, -0.2) is 23.1 Å². The Morgan fingerprint density at radius 1 is 1.12 bits per heavy atom. The molecule has 0 amide bonds. The second kappa shape index (κ2) is 6.45. The maximum Gasteiger partial charge on any atom is 0.260 e. The fourth-order valence-corrected chi connectivity index (χ4v) is 3.29. The van der Waals surface area contributed by atoms with Gasteiger partial charge in [-0.3, -0.25) is 9.78 Å². The van der Waals surface area contributed by atoms with Gasteiger partial charge in [-0.1, -0.05) is 24.3 Å². The molecule has 2 aromatic carbocycles. The van der Waals surface area contributed by atoms with Gasteiger partial charge in [-0.15, -0.1) is 0 Å². The summed E-state index contributed by atoms with van der Waals surface area (Å²) < 4.78 is 0. The number of para-hydroxylation sites is 1. The number of nitrogens with zero attached hydrogens (tertiary/aromatic N) is 1. The summed E-state index contributed by atoms with van der Waals surface area (Å²) in [6.07, 6.45) is 2.42. The lowest BCUT2D eigenvalue weighted by atomic mass is 9.91. The van der Waals surface area contributed by atoms with Gasteiger partial charge in [0.25, 0.3) is 5.56 Å². The van der Waals surface area contributed by atoms with Crippen molar-refractivity contribution in [3.05, 3.63) is 64.4 Å². The Balaban J connectivity index is 1.62. The van der Waals surface area contributed by atoms with Gasteiger partial charge in [-0.2, -0.15) is 0 Å². The minimum atomic E-state index is -0.129. The second-order valence-electron chi connectivity index (χ2n) is 6.23. The van der Waals surface area contributed by atoms with E-state index in [1.165, 1.54) is 18.4 Å². The summed E-state index contributed by atoms with van der Waals surface area (Å²) in [4.78, 5) is 19.5. The number of anilines is 2. The summed E-state index contributed by atoms with van der Waals surface area (Å²) >= 11 is 0. The summed E-state index contributed by atoms with van der Waals surface area (Å²) in [6.45, 7) is 2.13. The summed E-state index contributed by atoms with van der Waals surface area (Å²) in [5.41, 5.74) is 2.82. The normalized spacial score (nSPS) is 17.8. The molecule has 1 saturated heterocycles. The Kier molecular flexibility index (Phi) is 4.01. The lowest BCUT2D eigenvalue weighted by molar-refractivity contribution is 0.462. The van der Waals surface area contributed by atoms with Gasteiger partial charge in [0.1, 0.15) is 0 Å². The number of rotatable bonds is 3. The first-order chi connectivity index (χ1) is 11.8. The highest BCUT2D eigenvalue weighted by Gasteiger charge is 2.15. The number of aromatic nitrogens is 2. The quantitative estimate of drug-likeness (QED) is 0.693. The molecule has 0 radical (unpaired) electrons. The van der Waals surface area contributed by atoms with Gasteiger partial charge in [0, 0.05) is 12.2 Å². The fourth-order valence-electron chi connectivity index (χ4n) is 3.29. The van der Waals surface area contributed by atoms with E-state index in [2.05, 4.69) is 32.7 Å². The molecule has 0 saturated carbocycles. The molecule has 1 atom stereocenters. The molecule has 122 valence electrons. The van der Waals surface area contributed by atoms with E-state index in [-0.39, 0.29) is 5.56 Å². The lowest BCUT2D eigenvalue weighted by Gasteiger charge is -2.23. The zero-order valence-electron chi connectivity index (χ0n) is 13.4. The van der Waals surface area contributed by atoms with Crippen LogP contribution < -0.4 is 16.2 Å². The number of aromatic amines is 1. The molecule has 5 heteroatoms. The van der Waals surface area contributed by atoms with E-state index in [1.54, 1.807) is 6.07 Å². The first kappa shape index (κ1) is 14.9. The summed E-state index contributed by atoms with van der Waals surface area (Å²) in [6, 6.07) is 15.7. The molecule has 3 N–H and O–H groups in total. The average molecular weight is 320 g/mol. The fraction of sp³-hybridized carbons (Fsp3) is 0.263. The minimum Gasteiger partial charge on any atom is -0.326 e. The van der Waals surface area contributed by atoms with Crippen molar-refractivity contribution in [2.45, 2.75) is 18.8 Å². The van der Waals surface area contributed by atoms with Gasteiger partial charge in [-0.25, -0.2) is 4.98 Å². The van der Waals surface area contributed by atoms with Crippen LogP contribution in [0.5, 0.6) is 0 Å². The molecule has 0 unspecified atom stereocenters. The highest BCUT2D eigenvalue weighted by atomic mass is 16.1. The molecule has 24 heavy (non-hydrogen) atoms. The monoisotopic (exact) mass is 320 g/mol. The zero-order valence-corrected chi connectivity index (χ0v) is 13.4. The number of benzene rings is 2. The Morgan fingerprint density at radius 2 is 2.04 bits per heavy atom. The zero-order chi connectivity index (χ0) is 16.4. The largest absolute Gasteiger partial charge is 0.326 e. The van der Waals surface area contributed by atoms with Crippen LogP contribution in [0.1, 0.15) is 24.3 Å². The minimum absolute atomic E-state index is 0.129. The smallest absolute Gasteiger partial charge is 0.260 e. The van der Waals surface area contributed by atoms with Crippen molar-refractivity contribution in [1.82, 2.24) is 15.3 Å². The molecular weight excluding hydrogens is 300 g/mol. The number of hydrogen-bond donors (Lipinski definition) is 3. The van der Waals surface area contributed by atoms with Crippen molar-refractivity contribution in [3.63, 3.8) is 0 Å². The van der Waals surface area contributed by atoms with E-state index < -0.39 is 0 Å². The number of fused-ring (bicyclic) bond motifs is 1. The molecule has 3 aromatic rings. The van der Waals surface area contributed by atoms with Crippen molar-refractivity contribution in [1.29, 1.82) is 0 Å². The van der Waals surface area contributed by atoms with Crippen LogP contribution >= 0.6 is 0 Å². The number of nitrogens with one attached hydrogen (secondary N) is 3. The molecule has 0 spiro atoms. The highest BCUT2D eigenvalue weighted by molar-refractivity contribution is 5.78. The summed E-state index contributed by atoms with van der Waals surface area (Å²) in [5.74, 6) is 1.02. The summed E-state index contributed by atoms with van der Waals surface area (Å²) in [7, 11) is 0. The highest BCUT2D eigenvalue weighted by Crippen LogP contribution is 2.26. The van der Waals surface area contributed by atoms with Gasteiger partial charge >= 0.3 is 0 Å². The Morgan fingerprint density at radius 3 is 2.92 bits per heavy atom. The molecule has 1 fully saturated rings. The van der Waals surface area contributed by atoms with Crippen molar-refractivity contribution in [2.24, 2.45) is 0 Å². The van der Waals surface area contributed by atoms with E-state index in [4.69, 9.17) is 0 Å². The number of hydrogen-bond acceptors (Lipinski definition) is 4. The van der Waals surface area contributed by atoms with Gasteiger partial charge < -0.3 is 10.6 Å². The topological polar surface area (TPSA) is 69.8 Å². The lowest BCUT2D eigenvalue weighted by Crippen LogP contribution is -2.28. The third-order valence-electron chi connectivity index (χ3n) is 4.53. The predicted molar refractivity (Wildman–Crippen MR) is 96.9 cm³/mol. The van der Waals surface area contributed by atoms with Crippen molar-refractivity contribution in [2.75, 3.05) is 18.4 Å². The van der Waals surface area contributed by atoms with Crippen molar-refractivity contribution < 1.29 is 0 Å². The van der Waals surface area contributed by atoms with Crippen LogP contribution in [-0.2, 0) is 0 Å². The molecule has 1 aliphatic heterocycles. The van der Waals surface area contributed by atoms with Gasteiger partial charge in [-0.05, 0) is 55.1 Å². The van der Waals surface area contributed by atoms with Crippen LogP contribution in [0, 0.1) is 0 Å². The number of H-pyrrole nitrogens is 1. The van der Waals surface area contributed by atoms with E-state index >= 15 is 0 Å². The molecule has 5 nitrogen and oxygen atoms in total. The summed E-state index contributed by atoms with van der Waals surface area (Å²) in [5, 5.41) is 7.28. The molecular formula is C19H20N4O. The first-order valence-corrected chi connectivity index (χ1v) is 8.36. The Hall–Kier alpha value is -2.66. The van der Waals surface area contributed by atoms with Crippen molar-refractivity contribution >= 4 is 22.5 Å². The van der Waals surface area contributed by atoms with Crippen LogP contribution in [0.25, 0.3) is 10.9 Å². The van der Waals surface area contributed by atoms with Gasteiger partial charge in [0.2, 0.25) is 5.95 Å². The van der Waals surface area contributed by atoms with Crippen LogP contribution in [0.2, 0.25) is 0 Å². The van der Waals surface area contributed by atoms with E-state index in [0.717, 1.165) is 18.8 Å². The van der Waals surface area contributed by atoms with Gasteiger partial charge in [0.05, 0.1) is 10.9 Å². The predicted octanol–water partition coefficient (Wildman–Crippen LogP) is 3.13. The molecule has 2 heterocycles. The SMILES string of the molecule is O=c1[nH]c(Nc2cccc([C@@H]3CCCNC3)c2)nc2ccccc12. The van der Waals surface area contributed by atoms with Gasteiger partial charge in [0.15, 0.2) is 0 Å². The Bertz CT molecular complexity index is 912. The van der Waals surface area contributed by atoms with Crippen LogP contribution in [0.4, 0.5) is 11.6 Å². The van der Waals surface area contributed by atoms with Crippen LogP contribution in [0.15, 0.2) is 53.3 Å². The molecule has 1 aromatic heterocycles. The molecule has 0 bridgehead atoms. The standard InChI is InChI=1S/C19H20N4O/c24-18-16-8-1-2-9-17(16)22-19(23-18)21-15-7-3-5-13(11-15)14-6-4-10-20-12-14/h1-3,5,7-9,11,14,20H,4,6,10,12H2,(H2,21,22,23,24)/t14-/m1/s1. The second-order valence-corrected chi connectivity index (χ2v) is 6.23. The number of piperidine rings is 1. The van der Waals surface area contributed by atoms with E-state index in [9.17, 15) is 4.79 Å². The van der Waals surface area contributed by atoms with E-state index in [1.807, 2.05) is 30.3 Å². The van der Waals surface area contributed by atoms with Crippen molar-refractivity contribution in [3.8, 4) is 0 Å². The van der Waals surface area contributed by atoms with E-state index in [0.29, 0.717) is 22.8 Å². The third kappa shape index (κ3) is 3.03. The molecule has 0 aliphatic carbocycles. The maximum atomic E-state index is 12.2. The average Bonchev–Trinajstić information content (AvgIpc) is 2.63. The van der Waals surface area contributed by atoms with Crippen LogP contribution in [0.3, 0.4) is 0 Å². The third-order valence-corrected chi connectivity index (χ3v) is 4.53. The molecule has 4 rings (SSSR count). The molecule has 1 aliphatic rings. The maximum absolute atomic E-state index is 12.2. The Labute approximate surface area is 140 Å². The first-order valence-electron chi connectivity index (χ1n) is 8.36.